The molecule has 31 heavy (non-hydrogen) atoms. The highest BCUT2D eigenvalue weighted by molar-refractivity contribution is 5.85. The van der Waals surface area contributed by atoms with E-state index in [2.05, 4.69) is 42.7 Å². The first-order valence-corrected chi connectivity index (χ1v) is 11.3. The number of hydrogen-bond acceptors (Lipinski definition) is 5. The smallest absolute Gasteiger partial charge is 0.119 e. The minimum Gasteiger partial charge on any atom is -0.497 e. The van der Waals surface area contributed by atoms with Crippen LogP contribution in [-0.2, 0) is 4.74 Å². The highest BCUT2D eigenvalue weighted by Crippen LogP contribution is 2.38. The molecule has 0 spiro atoms. The van der Waals surface area contributed by atoms with Gasteiger partial charge in [-0.05, 0) is 61.3 Å². The number of aliphatic hydroxyl groups is 1. The molecule has 1 aromatic carbocycles. The Bertz CT molecular complexity index is 608. The van der Waals surface area contributed by atoms with E-state index < -0.39 is 6.10 Å². The van der Waals surface area contributed by atoms with Crippen LogP contribution in [0.4, 0.5) is 5.69 Å². The van der Waals surface area contributed by atoms with E-state index in [1.54, 1.807) is 7.11 Å². The van der Waals surface area contributed by atoms with Gasteiger partial charge in [-0.2, -0.15) is 0 Å². The summed E-state index contributed by atoms with van der Waals surface area (Å²) >= 11 is 0. The van der Waals surface area contributed by atoms with Crippen molar-refractivity contribution < 1.29 is 14.6 Å². The molecule has 1 saturated carbocycles. The summed E-state index contributed by atoms with van der Waals surface area (Å²) in [4.78, 5) is 4.75. The van der Waals surface area contributed by atoms with Crippen LogP contribution in [0.5, 0.6) is 5.75 Å². The minimum atomic E-state index is -0.400. The molecule has 2 aliphatic rings. The Balaban J connectivity index is 0.00000240. The number of anilines is 1. The molecule has 1 saturated heterocycles. The first kappa shape index (κ1) is 28.3. The Morgan fingerprint density at radius 2 is 1.55 bits per heavy atom. The first-order chi connectivity index (χ1) is 13.8. The van der Waals surface area contributed by atoms with Gasteiger partial charge in [-0.1, -0.05) is 20.8 Å². The highest BCUT2D eigenvalue weighted by Gasteiger charge is 2.30. The molecular formula is C24H42Cl2N2O3. The predicted octanol–water partition coefficient (Wildman–Crippen LogP) is 4.64. The van der Waals surface area contributed by atoms with Gasteiger partial charge in [0.2, 0.25) is 0 Å². The van der Waals surface area contributed by atoms with Crippen LogP contribution >= 0.6 is 24.8 Å². The summed E-state index contributed by atoms with van der Waals surface area (Å²) in [6, 6.07) is 8.26. The maximum Gasteiger partial charge on any atom is 0.119 e. The number of benzene rings is 1. The van der Waals surface area contributed by atoms with E-state index in [0.29, 0.717) is 24.7 Å². The van der Waals surface area contributed by atoms with Crippen molar-refractivity contribution in [2.75, 3.05) is 51.3 Å². The lowest BCUT2D eigenvalue weighted by atomic mass is 9.72. The molecule has 1 heterocycles. The van der Waals surface area contributed by atoms with Crippen molar-refractivity contribution in [2.24, 2.45) is 11.3 Å². The third kappa shape index (κ3) is 8.62. The summed E-state index contributed by atoms with van der Waals surface area (Å²) in [5.74, 6) is 1.69. The second kappa shape index (κ2) is 13.1. The van der Waals surface area contributed by atoms with Crippen LogP contribution in [0, 0.1) is 11.3 Å². The fourth-order valence-corrected chi connectivity index (χ4v) is 4.68. The molecule has 1 N–H and O–H groups in total. The van der Waals surface area contributed by atoms with Gasteiger partial charge in [0.15, 0.2) is 0 Å². The van der Waals surface area contributed by atoms with Gasteiger partial charge < -0.3 is 19.5 Å². The SMILES string of the molecule is COc1ccc(N2CCN(CC(O)COC3CCC(C(C)(C)C)CC3)CC2)cc1.Cl.Cl. The van der Waals surface area contributed by atoms with Gasteiger partial charge in [-0.3, -0.25) is 4.90 Å². The number of β-amino-alcohol motifs (C(OH)–C–C–N with tert-alkyl or cyclic N) is 1. The number of nitrogens with zero attached hydrogens (tertiary/aromatic N) is 2. The molecule has 1 unspecified atom stereocenters. The summed E-state index contributed by atoms with van der Waals surface area (Å²) in [6.45, 7) is 12.1. The van der Waals surface area contributed by atoms with Gasteiger partial charge >= 0.3 is 0 Å². The van der Waals surface area contributed by atoms with Crippen molar-refractivity contribution in [3.05, 3.63) is 24.3 Å². The van der Waals surface area contributed by atoms with Crippen LogP contribution in [0.25, 0.3) is 0 Å². The fourth-order valence-electron chi connectivity index (χ4n) is 4.68. The number of methoxy groups -OCH3 is 1. The zero-order valence-electron chi connectivity index (χ0n) is 19.6. The second-order valence-corrected chi connectivity index (χ2v) is 9.81. The Hall–Kier alpha value is -0.720. The average Bonchev–Trinajstić information content (AvgIpc) is 2.72. The standard InChI is InChI=1S/C24H40N2O3.2ClH/c1-24(2,3)19-5-9-23(10-6-19)29-18-21(27)17-25-13-15-26(16-14-25)20-7-11-22(28-4)12-8-20;;/h7-8,11-12,19,21,23,27H,5-6,9-10,13-18H2,1-4H3;2*1H. The Morgan fingerprint density at radius 1 is 0.968 bits per heavy atom. The summed E-state index contributed by atoms with van der Waals surface area (Å²) in [6.07, 6.45) is 4.69. The molecule has 7 heteroatoms. The predicted molar refractivity (Wildman–Crippen MR) is 133 cm³/mol. The molecule has 1 aliphatic carbocycles. The van der Waals surface area contributed by atoms with Gasteiger partial charge in [0.1, 0.15) is 5.75 Å². The summed E-state index contributed by atoms with van der Waals surface area (Å²) < 4.78 is 11.3. The monoisotopic (exact) mass is 476 g/mol. The Morgan fingerprint density at radius 3 is 2.06 bits per heavy atom. The van der Waals surface area contributed by atoms with Crippen LogP contribution in [0.2, 0.25) is 0 Å². The Kier molecular flexibility index (Phi) is 12.0. The van der Waals surface area contributed by atoms with E-state index in [1.807, 2.05) is 12.1 Å². The lowest BCUT2D eigenvalue weighted by Gasteiger charge is -2.38. The molecule has 180 valence electrons. The third-order valence-corrected chi connectivity index (χ3v) is 6.70. The molecule has 2 fully saturated rings. The molecule has 1 aliphatic heterocycles. The molecule has 0 amide bonds. The average molecular weight is 478 g/mol. The lowest BCUT2D eigenvalue weighted by molar-refractivity contribution is -0.0446. The van der Waals surface area contributed by atoms with E-state index in [1.165, 1.54) is 18.5 Å². The Labute approximate surface area is 201 Å². The van der Waals surface area contributed by atoms with Crippen LogP contribution in [0.1, 0.15) is 46.5 Å². The maximum atomic E-state index is 10.5. The van der Waals surface area contributed by atoms with Gasteiger partial charge in [-0.25, -0.2) is 0 Å². The quantitative estimate of drug-likeness (QED) is 0.620. The van der Waals surface area contributed by atoms with Crippen molar-refractivity contribution in [1.82, 2.24) is 4.90 Å². The van der Waals surface area contributed by atoms with E-state index in [0.717, 1.165) is 50.7 Å². The second-order valence-electron chi connectivity index (χ2n) is 9.81. The third-order valence-electron chi connectivity index (χ3n) is 6.70. The summed E-state index contributed by atoms with van der Waals surface area (Å²) in [5.41, 5.74) is 1.64. The van der Waals surface area contributed by atoms with Crippen molar-refractivity contribution in [3.63, 3.8) is 0 Å². The number of ether oxygens (including phenoxy) is 2. The molecule has 1 atom stereocenters. The van der Waals surface area contributed by atoms with E-state index in [4.69, 9.17) is 9.47 Å². The van der Waals surface area contributed by atoms with Crippen LogP contribution in [0.3, 0.4) is 0 Å². The van der Waals surface area contributed by atoms with E-state index >= 15 is 0 Å². The topological polar surface area (TPSA) is 45.2 Å². The molecule has 0 aromatic heterocycles. The molecule has 1 aromatic rings. The normalized spacial score (nSPS) is 23.5. The zero-order valence-corrected chi connectivity index (χ0v) is 21.2. The van der Waals surface area contributed by atoms with Gasteiger partial charge in [0, 0.05) is 38.4 Å². The largest absolute Gasteiger partial charge is 0.497 e. The number of halogens is 2. The van der Waals surface area contributed by atoms with Crippen molar-refractivity contribution in [1.29, 1.82) is 0 Å². The van der Waals surface area contributed by atoms with Crippen molar-refractivity contribution in [3.8, 4) is 5.75 Å². The molecule has 0 radical (unpaired) electrons. The summed E-state index contributed by atoms with van der Waals surface area (Å²) in [7, 11) is 1.69. The van der Waals surface area contributed by atoms with Crippen LogP contribution in [0.15, 0.2) is 24.3 Å². The zero-order chi connectivity index (χ0) is 20.9. The minimum absolute atomic E-state index is 0. The molecular weight excluding hydrogens is 435 g/mol. The van der Waals surface area contributed by atoms with Crippen LogP contribution < -0.4 is 9.64 Å². The van der Waals surface area contributed by atoms with Gasteiger partial charge in [-0.15, -0.1) is 24.8 Å². The van der Waals surface area contributed by atoms with Crippen molar-refractivity contribution in [2.45, 2.75) is 58.7 Å². The molecule has 0 bridgehead atoms. The number of aliphatic hydroxyl groups excluding tert-OH is 1. The van der Waals surface area contributed by atoms with Gasteiger partial charge in [0.05, 0.1) is 25.9 Å². The summed E-state index contributed by atoms with van der Waals surface area (Å²) in [5, 5.41) is 10.5. The number of rotatable bonds is 7. The maximum absolute atomic E-state index is 10.5. The van der Waals surface area contributed by atoms with E-state index in [9.17, 15) is 5.11 Å². The fraction of sp³-hybridized carbons (Fsp3) is 0.750. The number of piperazine rings is 1. The van der Waals surface area contributed by atoms with Crippen LogP contribution in [-0.4, -0.2) is 68.7 Å². The number of hydrogen-bond donors (Lipinski definition) is 1. The molecule has 3 rings (SSSR count). The lowest BCUT2D eigenvalue weighted by Crippen LogP contribution is -2.49. The van der Waals surface area contributed by atoms with Crippen molar-refractivity contribution >= 4 is 30.5 Å². The first-order valence-electron chi connectivity index (χ1n) is 11.3. The van der Waals surface area contributed by atoms with E-state index in [-0.39, 0.29) is 24.8 Å². The van der Waals surface area contributed by atoms with Gasteiger partial charge in [0.25, 0.3) is 0 Å². The molecule has 5 nitrogen and oxygen atoms in total. The highest BCUT2D eigenvalue weighted by atomic mass is 35.5.